The zero-order chi connectivity index (χ0) is 9.68. The van der Waals surface area contributed by atoms with Gasteiger partial charge in [0.05, 0.1) is 4.92 Å². The molecule has 1 aromatic carbocycles. The van der Waals surface area contributed by atoms with Crippen molar-refractivity contribution in [3.8, 4) is 0 Å². The summed E-state index contributed by atoms with van der Waals surface area (Å²) in [6.07, 6.45) is 1.72. The molecule has 0 saturated heterocycles. The molecule has 0 saturated carbocycles. The standard InChI is InChI=1S/C9H10N2O2/c1-2-7-10-8-3-5-9(6-4-8)11(12)13/h2-6,10H,1,7H2. The Bertz CT molecular complexity index is 306. The Kier molecular flexibility index (Phi) is 3.03. The largest absolute Gasteiger partial charge is 0.382 e. The monoisotopic (exact) mass is 178 g/mol. The first-order valence-corrected chi connectivity index (χ1v) is 3.83. The molecule has 68 valence electrons. The zero-order valence-corrected chi connectivity index (χ0v) is 7.06. The van der Waals surface area contributed by atoms with Crippen LogP contribution in [0.25, 0.3) is 0 Å². The number of benzene rings is 1. The summed E-state index contributed by atoms with van der Waals surface area (Å²) in [4.78, 5) is 9.88. The first-order chi connectivity index (χ1) is 6.24. The number of anilines is 1. The van der Waals surface area contributed by atoms with E-state index >= 15 is 0 Å². The molecule has 0 aliphatic carbocycles. The van der Waals surface area contributed by atoms with E-state index in [0.717, 1.165) is 5.69 Å². The lowest BCUT2D eigenvalue weighted by molar-refractivity contribution is -0.384. The van der Waals surface area contributed by atoms with Crippen LogP contribution in [0.4, 0.5) is 11.4 Å². The average molecular weight is 178 g/mol. The Balaban J connectivity index is 2.69. The molecule has 0 unspecified atom stereocenters. The van der Waals surface area contributed by atoms with Crippen molar-refractivity contribution in [2.45, 2.75) is 0 Å². The molecule has 1 aromatic rings. The van der Waals surface area contributed by atoms with Crippen LogP contribution in [0.1, 0.15) is 0 Å². The van der Waals surface area contributed by atoms with Crippen molar-refractivity contribution in [1.29, 1.82) is 0 Å². The van der Waals surface area contributed by atoms with Crippen molar-refractivity contribution >= 4 is 11.4 Å². The van der Waals surface area contributed by atoms with Gasteiger partial charge in [0.25, 0.3) is 5.69 Å². The van der Waals surface area contributed by atoms with Crippen LogP contribution in [0.3, 0.4) is 0 Å². The Morgan fingerprint density at radius 2 is 2.08 bits per heavy atom. The predicted octanol–water partition coefficient (Wildman–Crippen LogP) is 2.19. The summed E-state index contributed by atoms with van der Waals surface area (Å²) in [7, 11) is 0. The first kappa shape index (κ1) is 9.25. The van der Waals surface area contributed by atoms with Crippen molar-refractivity contribution < 1.29 is 4.92 Å². The lowest BCUT2D eigenvalue weighted by Crippen LogP contribution is -1.97. The van der Waals surface area contributed by atoms with Gasteiger partial charge in [0, 0.05) is 24.4 Å². The summed E-state index contributed by atoms with van der Waals surface area (Å²) < 4.78 is 0. The fourth-order valence-corrected chi connectivity index (χ4v) is 0.891. The van der Waals surface area contributed by atoms with E-state index in [1.807, 2.05) is 0 Å². The third-order valence-electron chi connectivity index (χ3n) is 1.53. The first-order valence-electron chi connectivity index (χ1n) is 3.83. The van der Waals surface area contributed by atoms with Crippen LogP contribution in [0.2, 0.25) is 0 Å². The lowest BCUT2D eigenvalue weighted by atomic mass is 10.3. The van der Waals surface area contributed by atoms with Crippen LogP contribution >= 0.6 is 0 Å². The van der Waals surface area contributed by atoms with E-state index in [-0.39, 0.29) is 5.69 Å². The van der Waals surface area contributed by atoms with Gasteiger partial charge >= 0.3 is 0 Å². The number of hydrogen-bond donors (Lipinski definition) is 1. The van der Waals surface area contributed by atoms with Crippen LogP contribution in [-0.4, -0.2) is 11.5 Å². The summed E-state index contributed by atoms with van der Waals surface area (Å²) in [6.45, 7) is 4.20. The number of hydrogen-bond acceptors (Lipinski definition) is 3. The van der Waals surface area contributed by atoms with Gasteiger partial charge < -0.3 is 5.32 Å². The second kappa shape index (κ2) is 4.25. The van der Waals surface area contributed by atoms with E-state index < -0.39 is 4.92 Å². The molecule has 0 radical (unpaired) electrons. The average Bonchev–Trinajstić information content (AvgIpc) is 2.15. The molecule has 0 bridgehead atoms. The van der Waals surface area contributed by atoms with Crippen LogP contribution in [-0.2, 0) is 0 Å². The Morgan fingerprint density at radius 1 is 1.46 bits per heavy atom. The molecule has 4 nitrogen and oxygen atoms in total. The van der Waals surface area contributed by atoms with Crippen molar-refractivity contribution in [2.24, 2.45) is 0 Å². The zero-order valence-electron chi connectivity index (χ0n) is 7.06. The summed E-state index contributed by atoms with van der Waals surface area (Å²) >= 11 is 0. The highest BCUT2D eigenvalue weighted by Crippen LogP contribution is 2.14. The SMILES string of the molecule is C=CCNc1ccc([N+](=O)[O-])cc1. The number of nitro benzene ring substituents is 1. The van der Waals surface area contributed by atoms with Crippen LogP contribution in [0.5, 0.6) is 0 Å². The molecule has 0 fully saturated rings. The van der Waals surface area contributed by atoms with Gasteiger partial charge in [-0.25, -0.2) is 0 Å². The summed E-state index contributed by atoms with van der Waals surface area (Å²) in [6, 6.07) is 6.26. The Morgan fingerprint density at radius 3 is 2.54 bits per heavy atom. The minimum Gasteiger partial charge on any atom is -0.382 e. The van der Waals surface area contributed by atoms with Gasteiger partial charge in [-0.15, -0.1) is 6.58 Å². The van der Waals surface area contributed by atoms with Gasteiger partial charge in [-0.3, -0.25) is 10.1 Å². The van der Waals surface area contributed by atoms with E-state index in [2.05, 4.69) is 11.9 Å². The second-order valence-electron chi connectivity index (χ2n) is 2.47. The topological polar surface area (TPSA) is 55.2 Å². The van der Waals surface area contributed by atoms with E-state index in [4.69, 9.17) is 0 Å². The highest BCUT2D eigenvalue weighted by Gasteiger charge is 2.02. The van der Waals surface area contributed by atoms with Gasteiger partial charge in [-0.2, -0.15) is 0 Å². The summed E-state index contributed by atoms with van der Waals surface area (Å²) in [5, 5.41) is 13.3. The molecule has 0 spiro atoms. The van der Waals surface area contributed by atoms with E-state index in [9.17, 15) is 10.1 Å². The molecule has 0 aliphatic heterocycles. The lowest BCUT2D eigenvalue weighted by Gasteiger charge is -2.01. The molecule has 0 aliphatic rings. The van der Waals surface area contributed by atoms with E-state index in [0.29, 0.717) is 6.54 Å². The summed E-state index contributed by atoms with van der Waals surface area (Å²) in [5.74, 6) is 0. The molecule has 13 heavy (non-hydrogen) atoms. The fraction of sp³-hybridized carbons (Fsp3) is 0.111. The van der Waals surface area contributed by atoms with Crippen molar-refractivity contribution in [2.75, 3.05) is 11.9 Å². The van der Waals surface area contributed by atoms with Gasteiger partial charge in [-0.05, 0) is 12.1 Å². The van der Waals surface area contributed by atoms with Crippen LogP contribution in [0, 0.1) is 10.1 Å². The second-order valence-corrected chi connectivity index (χ2v) is 2.47. The smallest absolute Gasteiger partial charge is 0.269 e. The van der Waals surface area contributed by atoms with Crippen molar-refractivity contribution in [1.82, 2.24) is 0 Å². The Hall–Kier alpha value is -1.84. The number of nitrogens with one attached hydrogen (secondary N) is 1. The normalized spacial score (nSPS) is 9.23. The summed E-state index contributed by atoms with van der Waals surface area (Å²) in [5.41, 5.74) is 0.953. The molecule has 0 amide bonds. The maximum atomic E-state index is 10.3. The number of nitrogens with zero attached hydrogens (tertiary/aromatic N) is 1. The molecule has 0 heterocycles. The molecule has 0 aromatic heterocycles. The maximum Gasteiger partial charge on any atom is 0.269 e. The highest BCUT2D eigenvalue weighted by molar-refractivity contribution is 5.48. The van der Waals surface area contributed by atoms with Crippen LogP contribution in [0.15, 0.2) is 36.9 Å². The van der Waals surface area contributed by atoms with Crippen molar-refractivity contribution in [3.05, 3.63) is 47.0 Å². The van der Waals surface area contributed by atoms with Crippen LogP contribution < -0.4 is 5.32 Å². The third-order valence-corrected chi connectivity index (χ3v) is 1.53. The molecule has 1 N–H and O–H groups in total. The van der Waals surface area contributed by atoms with Gasteiger partial charge in [-0.1, -0.05) is 6.08 Å². The molecular weight excluding hydrogens is 168 g/mol. The van der Waals surface area contributed by atoms with Gasteiger partial charge in [0.1, 0.15) is 0 Å². The number of non-ortho nitro benzene ring substituents is 1. The van der Waals surface area contributed by atoms with E-state index in [1.165, 1.54) is 12.1 Å². The molecule has 1 rings (SSSR count). The van der Waals surface area contributed by atoms with Crippen molar-refractivity contribution in [3.63, 3.8) is 0 Å². The van der Waals surface area contributed by atoms with Gasteiger partial charge in [0.2, 0.25) is 0 Å². The highest BCUT2D eigenvalue weighted by atomic mass is 16.6. The minimum absolute atomic E-state index is 0.101. The molecule has 0 atom stereocenters. The minimum atomic E-state index is -0.419. The quantitative estimate of drug-likeness (QED) is 0.436. The maximum absolute atomic E-state index is 10.3. The fourth-order valence-electron chi connectivity index (χ4n) is 0.891. The predicted molar refractivity (Wildman–Crippen MR) is 51.8 cm³/mol. The number of rotatable bonds is 4. The number of nitro groups is 1. The third kappa shape index (κ3) is 2.59. The van der Waals surface area contributed by atoms with Gasteiger partial charge in [0.15, 0.2) is 0 Å². The molecule has 4 heteroatoms. The molecular formula is C9H10N2O2. The van der Waals surface area contributed by atoms with E-state index in [1.54, 1.807) is 18.2 Å². The Labute approximate surface area is 76.0 Å².